The Kier molecular flexibility index (Phi) is 15.2. The number of carbonyl (C=O) groups is 2. The Balaban J connectivity index is 1.50. The van der Waals surface area contributed by atoms with Gasteiger partial charge in [0.15, 0.2) is 42.6 Å². The van der Waals surface area contributed by atoms with Crippen LogP contribution in [0.2, 0.25) is 0 Å². The van der Waals surface area contributed by atoms with Crippen LogP contribution in [0.15, 0.2) is 48.5 Å². The van der Waals surface area contributed by atoms with Crippen molar-refractivity contribution < 1.29 is 98.5 Å². The summed E-state index contributed by atoms with van der Waals surface area (Å²) in [5.41, 5.74) is 0.987. The maximum atomic E-state index is 13.5. The van der Waals surface area contributed by atoms with Crippen molar-refractivity contribution in [3.05, 3.63) is 59.7 Å². The summed E-state index contributed by atoms with van der Waals surface area (Å²) in [5, 5.41) is 102. The third-order valence-corrected chi connectivity index (χ3v) is 9.54. The molecule has 3 aliphatic rings. The Morgan fingerprint density at radius 3 is 2.04 bits per heavy atom. The van der Waals surface area contributed by atoms with E-state index < -0.39 is 123 Å². The molecule has 10 N–H and O–H groups in total. The molecule has 0 saturated carbocycles. The van der Waals surface area contributed by atoms with E-state index in [1.165, 1.54) is 55.5 Å². The van der Waals surface area contributed by atoms with E-state index in [1.54, 1.807) is 0 Å². The van der Waals surface area contributed by atoms with Crippen LogP contribution in [0, 0.1) is 0 Å². The molecule has 57 heavy (non-hydrogen) atoms. The number of aromatic hydroxyl groups is 3. The van der Waals surface area contributed by atoms with Gasteiger partial charge < -0.3 is 89.0 Å². The molecule has 316 valence electrons. The summed E-state index contributed by atoms with van der Waals surface area (Å²) >= 11 is 0. The molecule has 0 spiro atoms. The van der Waals surface area contributed by atoms with Crippen LogP contribution in [0.3, 0.4) is 0 Å². The summed E-state index contributed by atoms with van der Waals surface area (Å²) in [5.74, 6) is -2.69. The summed E-state index contributed by atoms with van der Waals surface area (Å²) in [6, 6.07) is 9.84. The van der Waals surface area contributed by atoms with E-state index in [0.29, 0.717) is 11.1 Å². The fourth-order valence-electron chi connectivity index (χ4n) is 6.38. The standard InChI is InChI=1S/C37H48O20/c1-16-26(44)28(46)31(49)36(52-16)57-33-32(56-25(43)10-6-18-3-7-20(40)8-4-18)24(15-51-35-30(48)29(47)27(45)23(14-38)54-35)55-37(34(33)53-17(2)39)50-12-11-19-5-9-21(41)22(42)13-19/h3-10,13,16,23-24,26-38,40-42,44-49H,11-12,14-15H2,1-2H3. The van der Waals surface area contributed by atoms with E-state index in [2.05, 4.69) is 0 Å². The van der Waals surface area contributed by atoms with Crippen LogP contribution in [-0.4, -0.2) is 175 Å². The van der Waals surface area contributed by atoms with Crippen LogP contribution in [0.4, 0.5) is 0 Å². The number of carbonyl (C=O) groups excluding carboxylic acids is 2. The highest BCUT2D eigenvalue weighted by Crippen LogP contribution is 2.34. The monoisotopic (exact) mass is 812 g/mol. The molecule has 0 bridgehead atoms. The number of hydrogen-bond acceptors (Lipinski definition) is 20. The summed E-state index contributed by atoms with van der Waals surface area (Å²) in [6.45, 7) is 0.808. The van der Waals surface area contributed by atoms with Gasteiger partial charge in [0.25, 0.3) is 0 Å². The van der Waals surface area contributed by atoms with Crippen LogP contribution in [0.5, 0.6) is 17.2 Å². The van der Waals surface area contributed by atoms with Gasteiger partial charge in [0.2, 0.25) is 0 Å². The first-order valence-electron chi connectivity index (χ1n) is 18.0. The van der Waals surface area contributed by atoms with Crippen LogP contribution >= 0.6 is 0 Å². The maximum Gasteiger partial charge on any atom is 0.331 e. The minimum Gasteiger partial charge on any atom is -0.508 e. The first kappa shape index (κ1) is 44.1. The van der Waals surface area contributed by atoms with E-state index in [0.717, 1.165) is 13.0 Å². The fourth-order valence-corrected chi connectivity index (χ4v) is 6.38. The zero-order valence-corrected chi connectivity index (χ0v) is 30.7. The van der Waals surface area contributed by atoms with Crippen molar-refractivity contribution in [1.29, 1.82) is 0 Å². The Labute approximate surface area is 325 Å². The SMILES string of the molecule is CC(=O)OC1C(OCCc2ccc(O)c(O)c2)OC(COC2OC(CO)C(O)C(O)C2O)C(OC(=O)C=Cc2ccc(O)cc2)C1OC1OC(C)C(O)C(O)C1O. The molecule has 0 aromatic heterocycles. The van der Waals surface area contributed by atoms with Gasteiger partial charge in [-0.3, -0.25) is 4.79 Å². The Morgan fingerprint density at radius 2 is 1.37 bits per heavy atom. The van der Waals surface area contributed by atoms with Gasteiger partial charge in [-0.1, -0.05) is 18.2 Å². The molecule has 5 rings (SSSR count). The predicted octanol–water partition coefficient (Wildman–Crippen LogP) is -2.33. The second kappa shape index (κ2) is 19.6. The highest BCUT2D eigenvalue weighted by molar-refractivity contribution is 5.87. The molecule has 3 saturated heterocycles. The van der Waals surface area contributed by atoms with E-state index in [4.69, 9.17) is 37.9 Å². The number of hydrogen-bond donors (Lipinski definition) is 10. The second-order valence-corrected chi connectivity index (χ2v) is 13.7. The Hall–Kier alpha value is -4.00. The quantitative estimate of drug-likeness (QED) is 0.0544. The lowest BCUT2D eigenvalue weighted by molar-refractivity contribution is -0.364. The summed E-state index contributed by atoms with van der Waals surface area (Å²) in [4.78, 5) is 26.0. The molecule has 2 aromatic carbocycles. The van der Waals surface area contributed by atoms with Gasteiger partial charge in [-0.25, -0.2) is 4.79 Å². The van der Waals surface area contributed by atoms with Crippen molar-refractivity contribution in [3.8, 4) is 17.2 Å². The fraction of sp³-hybridized carbons (Fsp3) is 0.568. The predicted molar refractivity (Wildman–Crippen MR) is 188 cm³/mol. The zero-order valence-electron chi connectivity index (χ0n) is 30.7. The second-order valence-electron chi connectivity index (χ2n) is 13.7. The number of aliphatic hydroxyl groups excluding tert-OH is 7. The summed E-state index contributed by atoms with van der Waals surface area (Å²) in [7, 11) is 0. The van der Waals surface area contributed by atoms with Crippen molar-refractivity contribution in [3.63, 3.8) is 0 Å². The molecular weight excluding hydrogens is 764 g/mol. The first-order chi connectivity index (χ1) is 27.1. The number of rotatable bonds is 14. The highest BCUT2D eigenvalue weighted by Gasteiger charge is 2.55. The van der Waals surface area contributed by atoms with Gasteiger partial charge in [0, 0.05) is 13.0 Å². The molecule has 2 aromatic rings. The minimum atomic E-state index is -1.90. The molecule has 20 nitrogen and oxygen atoms in total. The maximum absolute atomic E-state index is 13.5. The average molecular weight is 813 g/mol. The molecule has 3 aliphatic heterocycles. The largest absolute Gasteiger partial charge is 0.508 e. The summed E-state index contributed by atoms with van der Waals surface area (Å²) < 4.78 is 46.7. The Morgan fingerprint density at radius 1 is 0.702 bits per heavy atom. The van der Waals surface area contributed by atoms with Crippen LogP contribution in [-0.2, 0) is 53.9 Å². The van der Waals surface area contributed by atoms with Crippen molar-refractivity contribution in [2.45, 2.75) is 112 Å². The molecule has 20 heteroatoms. The lowest BCUT2D eigenvalue weighted by Gasteiger charge is -2.48. The third kappa shape index (κ3) is 10.9. The number of phenolic OH excluding ortho intramolecular Hbond substituents is 3. The number of esters is 2. The number of aliphatic hydroxyl groups is 7. The molecule has 3 heterocycles. The molecule has 0 radical (unpaired) electrons. The van der Waals surface area contributed by atoms with Gasteiger partial charge in [-0.05, 0) is 54.8 Å². The van der Waals surface area contributed by atoms with Crippen molar-refractivity contribution in [1.82, 2.24) is 0 Å². The number of ether oxygens (including phenoxy) is 8. The lowest BCUT2D eigenvalue weighted by Crippen LogP contribution is -2.66. The molecule has 15 unspecified atom stereocenters. The van der Waals surface area contributed by atoms with Gasteiger partial charge in [0.1, 0.15) is 60.7 Å². The van der Waals surface area contributed by atoms with E-state index in [-0.39, 0.29) is 24.5 Å². The van der Waals surface area contributed by atoms with Crippen molar-refractivity contribution in [2.24, 2.45) is 0 Å². The lowest BCUT2D eigenvalue weighted by atomic mass is 9.96. The minimum absolute atomic E-state index is 0.0233. The van der Waals surface area contributed by atoms with Crippen molar-refractivity contribution >= 4 is 18.0 Å². The zero-order chi connectivity index (χ0) is 41.6. The van der Waals surface area contributed by atoms with Crippen molar-refractivity contribution in [2.75, 3.05) is 19.8 Å². The van der Waals surface area contributed by atoms with Gasteiger partial charge >= 0.3 is 11.9 Å². The number of phenols is 3. The van der Waals surface area contributed by atoms with Gasteiger partial charge in [-0.2, -0.15) is 0 Å². The third-order valence-electron chi connectivity index (χ3n) is 9.54. The topological polar surface area (TPSA) is 310 Å². The summed E-state index contributed by atoms with van der Waals surface area (Å²) in [6.07, 6.45) is -22.1. The van der Waals surface area contributed by atoms with E-state index >= 15 is 0 Å². The molecular formula is C37H48O20. The van der Waals surface area contributed by atoms with E-state index in [1.807, 2.05) is 0 Å². The van der Waals surface area contributed by atoms with Crippen LogP contribution in [0.1, 0.15) is 25.0 Å². The Bertz CT molecular complexity index is 1650. The van der Waals surface area contributed by atoms with E-state index in [9.17, 15) is 60.7 Å². The number of benzene rings is 2. The highest BCUT2D eigenvalue weighted by atomic mass is 16.8. The normalized spacial score (nSPS) is 35.8. The molecule has 3 fully saturated rings. The molecule has 0 aliphatic carbocycles. The first-order valence-corrected chi connectivity index (χ1v) is 18.0. The van der Waals surface area contributed by atoms with Gasteiger partial charge in [-0.15, -0.1) is 0 Å². The molecule has 15 atom stereocenters. The van der Waals surface area contributed by atoms with Crippen LogP contribution in [0.25, 0.3) is 6.08 Å². The van der Waals surface area contributed by atoms with Gasteiger partial charge in [0.05, 0.1) is 25.9 Å². The molecule has 0 amide bonds. The van der Waals surface area contributed by atoms with Crippen LogP contribution < -0.4 is 0 Å². The smallest absolute Gasteiger partial charge is 0.331 e. The average Bonchev–Trinajstić information content (AvgIpc) is 3.18.